The molecule has 0 aliphatic rings. The van der Waals surface area contributed by atoms with Crippen LogP contribution in [0.5, 0.6) is 5.88 Å². The molecular weight excluding hydrogens is 428 g/mol. The normalized spacial score (nSPS) is 11.6. The Morgan fingerprint density at radius 2 is 1.90 bits per heavy atom. The number of sulfonamides is 1. The van der Waals surface area contributed by atoms with Crippen LogP contribution < -0.4 is 15.2 Å². The third-order valence-electron chi connectivity index (χ3n) is 4.43. The highest BCUT2D eigenvalue weighted by molar-refractivity contribution is 7.89. The Hall–Kier alpha value is -2.60. The van der Waals surface area contributed by atoms with Crippen LogP contribution in [-0.2, 0) is 27.8 Å². The van der Waals surface area contributed by atoms with Crippen LogP contribution >= 0.6 is 11.3 Å². The zero-order valence-corrected chi connectivity index (χ0v) is 18.4. The summed E-state index contributed by atoms with van der Waals surface area (Å²) >= 11 is 1.27. The van der Waals surface area contributed by atoms with Crippen molar-refractivity contribution in [1.82, 2.24) is 15.3 Å². The van der Waals surface area contributed by atoms with Gasteiger partial charge in [0.15, 0.2) is 5.82 Å². The predicted molar refractivity (Wildman–Crippen MR) is 113 cm³/mol. The molecule has 0 fully saturated rings. The standard InChI is InChI=1S/C19H22N4O5S2/c1-11-15-18(28-3)22-14(10-27-2)23-19(15)29-16(11)17(24)21-9-8-12-4-6-13(7-5-12)30(20,25)26/h4-7H,8-10H2,1-3H3,(H,21,24)(H2,20,25,26). The van der Waals surface area contributed by atoms with Crippen LogP contribution in [-0.4, -0.2) is 45.1 Å². The Bertz CT molecular complexity index is 1170. The van der Waals surface area contributed by atoms with Crippen LogP contribution in [0.3, 0.4) is 0 Å². The summed E-state index contributed by atoms with van der Waals surface area (Å²) in [7, 11) is -0.636. The van der Waals surface area contributed by atoms with Gasteiger partial charge in [-0.05, 0) is 36.6 Å². The van der Waals surface area contributed by atoms with E-state index in [-0.39, 0.29) is 17.4 Å². The summed E-state index contributed by atoms with van der Waals surface area (Å²) in [6, 6.07) is 6.25. The number of aromatic nitrogens is 2. The SMILES string of the molecule is COCc1nc(OC)c2c(C)c(C(=O)NCCc3ccc(S(N)(=O)=O)cc3)sc2n1. The Kier molecular flexibility index (Phi) is 6.66. The van der Waals surface area contributed by atoms with Gasteiger partial charge in [0.2, 0.25) is 15.9 Å². The minimum absolute atomic E-state index is 0.0547. The van der Waals surface area contributed by atoms with Crippen molar-refractivity contribution in [2.24, 2.45) is 5.14 Å². The second-order valence-electron chi connectivity index (χ2n) is 6.51. The number of rotatable bonds is 8. The number of primary sulfonamides is 1. The molecule has 0 unspecified atom stereocenters. The van der Waals surface area contributed by atoms with Gasteiger partial charge in [0.1, 0.15) is 11.4 Å². The van der Waals surface area contributed by atoms with Crippen molar-refractivity contribution in [3.05, 3.63) is 46.1 Å². The van der Waals surface area contributed by atoms with Crippen molar-refractivity contribution in [1.29, 1.82) is 0 Å². The number of amides is 1. The summed E-state index contributed by atoms with van der Waals surface area (Å²) in [4.78, 5) is 22.8. The molecule has 2 heterocycles. The number of carbonyl (C=O) groups excluding carboxylic acids is 1. The quantitative estimate of drug-likeness (QED) is 0.534. The summed E-state index contributed by atoms with van der Waals surface area (Å²) < 4.78 is 33.1. The van der Waals surface area contributed by atoms with E-state index in [1.807, 2.05) is 6.92 Å². The molecule has 0 saturated heterocycles. The summed E-state index contributed by atoms with van der Waals surface area (Å²) in [6.07, 6.45) is 0.543. The number of carbonyl (C=O) groups is 1. The lowest BCUT2D eigenvalue weighted by Gasteiger charge is -2.06. The Labute approximate surface area is 178 Å². The van der Waals surface area contributed by atoms with Gasteiger partial charge in [-0.3, -0.25) is 4.79 Å². The van der Waals surface area contributed by atoms with Crippen molar-refractivity contribution < 1.29 is 22.7 Å². The molecule has 3 aromatic rings. The number of hydrogen-bond acceptors (Lipinski definition) is 8. The first-order valence-corrected chi connectivity index (χ1v) is 11.3. The van der Waals surface area contributed by atoms with Crippen molar-refractivity contribution in [2.45, 2.75) is 24.8 Å². The molecule has 160 valence electrons. The van der Waals surface area contributed by atoms with E-state index in [4.69, 9.17) is 14.6 Å². The van der Waals surface area contributed by atoms with E-state index in [0.717, 1.165) is 11.1 Å². The summed E-state index contributed by atoms with van der Waals surface area (Å²) in [5.41, 5.74) is 1.64. The maximum atomic E-state index is 12.7. The van der Waals surface area contributed by atoms with Crippen molar-refractivity contribution in [3.63, 3.8) is 0 Å². The third-order valence-corrected chi connectivity index (χ3v) is 6.54. The molecular formula is C19H22N4O5S2. The lowest BCUT2D eigenvalue weighted by atomic mass is 10.1. The van der Waals surface area contributed by atoms with Gasteiger partial charge in [-0.1, -0.05) is 12.1 Å². The van der Waals surface area contributed by atoms with Gasteiger partial charge in [-0.2, -0.15) is 4.98 Å². The van der Waals surface area contributed by atoms with Crippen LogP contribution in [0.15, 0.2) is 29.2 Å². The largest absolute Gasteiger partial charge is 0.480 e. The van der Waals surface area contributed by atoms with Crippen molar-refractivity contribution in [2.75, 3.05) is 20.8 Å². The smallest absolute Gasteiger partial charge is 0.261 e. The maximum absolute atomic E-state index is 12.7. The van der Waals surface area contributed by atoms with Crippen LogP contribution in [0, 0.1) is 6.92 Å². The highest BCUT2D eigenvalue weighted by Gasteiger charge is 2.21. The Morgan fingerprint density at radius 3 is 2.50 bits per heavy atom. The third kappa shape index (κ3) is 4.75. The summed E-state index contributed by atoms with van der Waals surface area (Å²) in [5, 5.41) is 8.70. The molecule has 0 radical (unpaired) electrons. The Balaban J connectivity index is 1.73. The molecule has 1 amide bonds. The highest BCUT2D eigenvalue weighted by atomic mass is 32.2. The second kappa shape index (κ2) is 9.04. The van der Waals surface area contributed by atoms with Gasteiger partial charge in [0, 0.05) is 13.7 Å². The van der Waals surface area contributed by atoms with Gasteiger partial charge < -0.3 is 14.8 Å². The molecule has 30 heavy (non-hydrogen) atoms. The number of fused-ring (bicyclic) bond motifs is 1. The van der Waals surface area contributed by atoms with E-state index in [2.05, 4.69) is 15.3 Å². The van der Waals surface area contributed by atoms with Gasteiger partial charge in [0.25, 0.3) is 5.91 Å². The number of methoxy groups -OCH3 is 2. The Morgan fingerprint density at radius 1 is 1.20 bits per heavy atom. The first-order valence-electron chi connectivity index (χ1n) is 8.97. The zero-order chi connectivity index (χ0) is 21.9. The van der Waals surface area contributed by atoms with Crippen LogP contribution in [0.4, 0.5) is 0 Å². The number of hydrogen-bond donors (Lipinski definition) is 2. The highest BCUT2D eigenvalue weighted by Crippen LogP contribution is 2.35. The number of ether oxygens (including phenoxy) is 2. The molecule has 3 rings (SSSR count). The molecule has 11 heteroatoms. The fourth-order valence-corrected chi connectivity index (χ4v) is 4.57. The van der Waals surface area contributed by atoms with E-state index < -0.39 is 10.0 Å². The molecule has 0 bridgehead atoms. The summed E-state index contributed by atoms with van der Waals surface area (Å²) in [6.45, 7) is 2.47. The van der Waals surface area contributed by atoms with Gasteiger partial charge in [-0.25, -0.2) is 18.5 Å². The molecule has 9 nitrogen and oxygen atoms in total. The fourth-order valence-electron chi connectivity index (χ4n) is 2.95. The average Bonchev–Trinajstić information content (AvgIpc) is 3.04. The number of nitrogens with one attached hydrogen (secondary N) is 1. The van der Waals surface area contributed by atoms with Crippen LogP contribution in [0.25, 0.3) is 10.2 Å². The zero-order valence-electron chi connectivity index (χ0n) is 16.8. The van der Waals surface area contributed by atoms with Gasteiger partial charge >= 0.3 is 0 Å². The van der Waals surface area contributed by atoms with Crippen LogP contribution in [0.1, 0.15) is 26.6 Å². The van der Waals surface area contributed by atoms with E-state index in [1.54, 1.807) is 19.2 Å². The van der Waals surface area contributed by atoms with E-state index in [9.17, 15) is 13.2 Å². The summed E-state index contributed by atoms with van der Waals surface area (Å²) in [5.74, 6) is 0.680. The number of benzene rings is 1. The van der Waals surface area contributed by atoms with Gasteiger partial charge in [-0.15, -0.1) is 11.3 Å². The number of nitrogens with zero attached hydrogens (tertiary/aromatic N) is 2. The predicted octanol–water partition coefficient (Wildman–Crippen LogP) is 1.77. The minimum Gasteiger partial charge on any atom is -0.480 e. The first kappa shape index (κ1) is 22.1. The number of thiophene rings is 1. The van der Waals surface area contributed by atoms with E-state index >= 15 is 0 Å². The lowest BCUT2D eigenvalue weighted by molar-refractivity contribution is 0.0957. The second-order valence-corrected chi connectivity index (χ2v) is 9.07. The minimum atomic E-state index is -3.72. The number of aryl methyl sites for hydroxylation is 1. The monoisotopic (exact) mass is 450 g/mol. The van der Waals surface area contributed by atoms with Crippen molar-refractivity contribution in [3.8, 4) is 5.88 Å². The molecule has 1 aromatic carbocycles. The first-order chi connectivity index (χ1) is 14.2. The maximum Gasteiger partial charge on any atom is 0.261 e. The molecule has 0 spiro atoms. The average molecular weight is 451 g/mol. The number of nitrogens with two attached hydrogens (primary N) is 1. The molecule has 0 aliphatic heterocycles. The topological polar surface area (TPSA) is 134 Å². The van der Waals surface area contributed by atoms with Gasteiger partial charge in [0.05, 0.1) is 22.3 Å². The lowest BCUT2D eigenvalue weighted by Crippen LogP contribution is -2.25. The molecule has 0 atom stereocenters. The molecule has 2 aromatic heterocycles. The van der Waals surface area contributed by atoms with Crippen molar-refractivity contribution >= 4 is 37.5 Å². The van der Waals surface area contributed by atoms with Crippen LogP contribution in [0.2, 0.25) is 0 Å². The fraction of sp³-hybridized carbons (Fsp3) is 0.316. The molecule has 0 aliphatic carbocycles. The molecule has 3 N–H and O–H groups in total. The molecule has 0 saturated carbocycles. The van der Waals surface area contributed by atoms with E-state index in [1.165, 1.54) is 30.6 Å². The van der Waals surface area contributed by atoms with E-state index in [0.29, 0.717) is 39.8 Å².